The first-order valence-electron chi connectivity index (χ1n) is 3.85. The van der Waals surface area contributed by atoms with Gasteiger partial charge in [0.25, 0.3) is 0 Å². The summed E-state index contributed by atoms with van der Waals surface area (Å²) in [4.78, 5) is 0. The quantitative estimate of drug-likeness (QED) is 0.534. The van der Waals surface area contributed by atoms with E-state index < -0.39 is 0 Å². The van der Waals surface area contributed by atoms with Crippen molar-refractivity contribution in [1.82, 2.24) is 5.32 Å². The van der Waals surface area contributed by atoms with Gasteiger partial charge in [0.05, 0.1) is 6.04 Å². The van der Waals surface area contributed by atoms with Crippen molar-refractivity contribution in [2.75, 3.05) is 6.54 Å². The fourth-order valence-corrected chi connectivity index (χ4v) is 1.29. The van der Waals surface area contributed by atoms with E-state index in [1.165, 1.54) is 5.56 Å². The molecule has 1 atom stereocenters. The Bertz CT molecular complexity index is 251. The Morgan fingerprint density at radius 1 is 1.18 bits per heavy atom. The molecule has 0 aromatic heterocycles. The number of rotatable bonds is 1. The van der Waals surface area contributed by atoms with Crippen molar-refractivity contribution >= 4 is 0 Å². The lowest BCUT2D eigenvalue weighted by atomic mass is 10.1. The first-order valence-corrected chi connectivity index (χ1v) is 3.85. The van der Waals surface area contributed by atoms with Crippen molar-refractivity contribution in [1.29, 1.82) is 0 Å². The third-order valence-electron chi connectivity index (χ3n) is 1.87. The van der Waals surface area contributed by atoms with E-state index in [0.717, 1.165) is 6.54 Å². The van der Waals surface area contributed by atoms with Crippen LogP contribution < -0.4 is 5.32 Å². The molecule has 1 aromatic rings. The highest BCUT2D eigenvalue weighted by Crippen LogP contribution is 2.17. The summed E-state index contributed by atoms with van der Waals surface area (Å²) in [6, 6.07) is 10.7. The Morgan fingerprint density at radius 3 is 2.64 bits per heavy atom. The zero-order chi connectivity index (χ0) is 7.52. The van der Waals surface area contributed by atoms with E-state index >= 15 is 0 Å². The summed E-state index contributed by atoms with van der Waals surface area (Å²) in [7, 11) is 0. The van der Waals surface area contributed by atoms with Crippen molar-refractivity contribution < 1.29 is 0 Å². The van der Waals surface area contributed by atoms with Crippen LogP contribution in [-0.2, 0) is 0 Å². The lowest BCUT2D eigenvalue weighted by Crippen LogP contribution is -2.05. The van der Waals surface area contributed by atoms with Crippen LogP contribution in [0.4, 0.5) is 0 Å². The van der Waals surface area contributed by atoms with Crippen LogP contribution in [0.3, 0.4) is 0 Å². The molecule has 0 amide bonds. The highest BCUT2D eigenvalue weighted by Gasteiger charge is 2.10. The highest BCUT2D eigenvalue weighted by molar-refractivity contribution is 5.24. The molecule has 1 aromatic carbocycles. The predicted molar refractivity (Wildman–Crippen MR) is 45.3 cm³/mol. The smallest absolute Gasteiger partial charge is 0.0680 e. The molecule has 1 radical (unpaired) electrons. The van der Waals surface area contributed by atoms with Crippen LogP contribution in [0.1, 0.15) is 11.6 Å². The Balaban J connectivity index is 2.23. The van der Waals surface area contributed by atoms with Gasteiger partial charge in [0.2, 0.25) is 0 Å². The van der Waals surface area contributed by atoms with Gasteiger partial charge in [-0.1, -0.05) is 42.5 Å². The molecule has 0 aliphatic carbocycles. The Kier molecular flexibility index (Phi) is 1.74. The second-order valence-corrected chi connectivity index (χ2v) is 2.65. The monoisotopic (exact) mass is 144 g/mol. The van der Waals surface area contributed by atoms with E-state index in [1.54, 1.807) is 0 Å². The van der Waals surface area contributed by atoms with Gasteiger partial charge in [-0.15, -0.1) is 0 Å². The summed E-state index contributed by atoms with van der Waals surface area (Å²) < 4.78 is 0. The topological polar surface area (TPSA) is 14.1 Å². The Labute approximate surface area is 66.7 Å². The number of nitrogens with zero attached hydrogens (tertiary/aromatic N) is 1. The first-order chi connectivity index (χ1) is 5.47. The van der Waals surface area contributed by atoms with E-state index in [9.17, 15) is 0 Å². The van der Waals surface area contributed by atoms with Crippen LogP contribution in [0.25, 0.3) is 0 Å². The molecule has 2 rings (SSSR count). The molecular weight excluding hydrogens is 134 g/mol. The molecule has 0 spiro atoms. The molecule has 0 saturated carbocycles. The van der Waals surface area contributed by atoms with Gasteiger partial charge in [0, 0.05) is 6.54 Å². The fourth-order valence-electron chi connectivity index (χ4n) is 1.29. The maximum absolute atomic E-state index is 4.39. The molecule has 0 bridgehead atoms. The van der Waals surface area contributed by atoms with Crippen LogP contribution in [0, 0.1) is 0 Å². The molecule has 0 N–H and O–H groups in total. The van der Waals surface area contributed by atoms with Crippen molar-refractivity contribution in [3.05, 3.63) is 48.0 Å². The van der Waals surface area contributed by atoms with E-state index in [-0.39, 0.29) is 0 Å². The van der Waals surface area contributed by atoms with E-state index in [0.29, 0.717) is 6.04 Å². The summed E-state index contributed by atoms with van der Waals surface area (Å²) in [6.07, 6.45) is 4.26. The zero-order valence-electron chi connectivity index (χ0n) is 6.27. The van der Waals surface area contributed by atoms with Crippen LogP contribution >= 0.6 is 0 Å². The van der Waals surface area contributed by atoms with Gasteiger partial charge >= 0.3 is 0 Å². The van der Waals surface area contributed by atoms with Gasteiger partial charge in [-0.05, 0) is 5.56 Å². The summed E-state index contributed by atoms with van der Waals surface area (Å²) in [5, 5.41) is 4.39. The molecule has 1 nitrogen and oxygen atoms in total. The second-order valence-electron chi connectivity index (χ2n) is 2.65. The van der Waals surface area contributed by atoms with E-state index in [1.807, 2.05) is 6.07 Å². The molecule has 1 unspecified atom stereocenters. The van der Waals surface area contributed by atoms with Crippen molar-refractivity contribution in [2.45, 2.75) is 6.04 Å². The maximum Gasteiger partial charge on any atom is 0.0680 e. The SMILES string of the molecule is C1=CC(c2ccccc2)[N]C1. The third-order valence-corrected chi connectivity index (χ3v) is 1.87. The van der Waals surface area contributed by atoms with Gasteiger partial charge in [-0.25, -0.2) is 5.32 Å². The molecule has 1 aliphatic heterocycles. The molecule has 11 heavy (non-hydrogen) atoms. The van der Waals surface area contributed by atoms with Gasteiger partial charge < -0.3 is 0 Å². The normalized spacial score (nSPS) is 22.4. The minimum absolute atomic E-state index is 0.316. The summed E-state index contributed by atoms with van der Waals surface area (Å²) in [5.41, 5.74) is 1.29. The first kappa shape index (κ1) is 6.62. The van der Waals surface area contributed by atoms with Gasteiger partial charge in [-0.2, -0.15) is 0 Å². The van der Waals surface area contributed by atoms with E-state index in [4.69, 9.17) is 0 Å². The lowest BCUT2D eigenvalue weighted by Gasteiger charge is -2.05. The highest BCUT2D eigenvalue weighted by atomic mass is 14.9. The molecule has 1 heterocycles. The van der Waals surface area contributed by atoms with Crippen LogP contribution in [0.15, 0.2) is 42.5 Å². The number of hydrogen-bond acceptors (Lipinski definition) is 0. The molecule has 0 fully saturated rings. The largest absolute Gasteiger partial charge is 0.225 e. The lowest BCUT2D eigenvalue weighted by molar-refractivity contribution is 0.697. The van der Waals surface area contributed by atoms with Crippen molar-refractivity contribution in [3.63, 3.8) is 0 Å². The summed E-state index contributed by atoms with van der Waals surface area (Å²) in [5.74, 6) is 0. The second kappa shape index (κ2) is 2.89. The molecule has 0 saturated heterocycles. The number of hydrogen-bond donors (Lipinski definition) is 0. The van der Waals surface area contributed by atoms with Crippen molar-refractivity contribution in [2.24, 2.45) is 0 Å². The van der Waals surface area contributed by atoms with Crippen LogP contribution in [0.5, 0.6) is 0 Å². The Hall–Kier alpha value is -1.08. The molecule has 1 aliphatic rings. The average molecular weight is 144 g/mol. The van der Waals surface area contributed by atoms with Crippen LogP contribution in [-0.4, -0.2) is 6.54 Å². The minimum Gasteiger partial charge on any atom is -0.225 e. The van der Waals surface area contributed by atoms with Gasteiger partial charge in [0.15, 0.2) is 0 Å². The fraction of sp³-hybridized carbons (Fsp3) is 0.200. The average Bonchev–Trinajstić information content (AvgIpc) is 2.58. The third kappa shape index (κ3) is 1.33. The summed E-state index contributed by atoms with van der Waals surface area (Å²) >= 11 is 0. The van der Waals surface area contributed by atoms with Gasteiger partial charge in [-0.3, -0.25) is 0 Å². The molecular formula is C10H10N. The zero-order valence-corrected chi connectivity index (χ0v) is 6.27. The molecule has 55 valence electrons. The predicted octanol–water partition coefficient (Wildman–Crippen LogP) is 1.90. The summed E-state index contributed by atoms with van der Waals surface area (Å²) in [6.45, 7) is 0.875. The number of benzene rings is 1. The van der Waals surface area contributed by atoms with Crippen LogP contribution in [0.2, 0.25) is 0 Å². The minimum atomic E-state index is 0.316. The maximum atomic E-state index is 4.39. The Morgan fingerprint density at radius 2 is 2.00 bits per heavy atom. The standard InChI is InChI=1S/C10H10N/c1-2-5-9(6-3-1)10-7-4-8-11-10/h1-7,10H,8H2. The molecule has 1 heteroatoms. The van der Waals surface area contributed by atoms with E-state index in [2.05, 4.69) is 41.7 Å². The van der Waals surface area contributed by atoms with Crippen molar-refractivity contribution in [3.8, 4) is 0 Å². The van der Waals surface area contributed by atoms with Gasteiger partial charge in [0.1, 0.15) is 0 Å².